The molecule has 1 rings (SSSR count). The van der Waals surface area contributed by atoms with Gasteiger partial charge in [-0.1, -0.05) is 22.9 Å². The van der Waals surface area contributed by atoms with E-state index < -0.39 is 0 Å². The van der Waals surface area contributed by atoms with Crippen molar-refractivity contribution in [2.75, 3.05) is 0 Å². The summed E-state index contributed by atoms with van der Waals surface area (Å²) in [7, 11) is 0. The van der Waals surface area contributed by atoms with Gasteiger partial charge in [0, 0.05) is 5.56 Å². The lowest BCUT2D eigenvalue weighted by molar-refractivity contribution is 0.0990. The van der Waals surface area contributed by atoms with Gasteiger partial charge in [-0.25, -0.2) is 0 Å². The third kappa shape index (κ3) is 2.88. The first-order valence-corrected chi connectivity index (χ1v) is 7.01. The summed E-state index contributed by atoms with van der Waals surface area (Å²) in [5.74, 6) is 0.135. The fourth-order valence-corrected chi connectivity index (χ4v) is 3.93. The van der Waals surface area contributed by atoms with Gasteiger partial charge in [0.25, 0.3) is 0 Å². The van der Waals surface area contributed by atoms with Gasteiger partial charge in [0.15, 0.2) is 5.78 Å². The van der Waals surface area contributed by atoms with Crippen LogP contribution >= 0.6 is 59.1 Å². The summed E-state index contributed by atoms with van der Waals surface area (Å²) in [6.45, 7) is 1.98. The highest BCUT2D eigenvalue weighted by atomic mass is 79.9. The molecule has 0 radical (unpaired) electrons. The van der Waals surface area contributed by atoms with Gasteiger partial charge in [0.05, 0.1) is 12.4 Å². The predicted octanol–water partition coefficient (Wildman–Crippen LogP) is 4.63. The Morgan fingerprint density at radius 1 is 1.62 bits per heavy atom. The van der Waals surface area contributed by atoms with E-state index in [9.17, 15) is 4.79 Å². The van der Waals surface area contributed by atoms with Crippen molar-refractivity contribution in [3.05, 3.63) is 19.2 Å². The maximum Gasteiger partial charge on any atom is 0.178 e. The van der Waals surface area contributed by atoms with Gasteiger partial charge in [-0.05, 0) is 44.3 Å². The van der Waals surface area contributed by atoms with Crippen LogP contribution in [0.1, 0.15) is 23.7 Å². The molecule has 1 aromatic heterocycles. The zero-order valence-electron chi connectivity index (χ0n) is 6.81. The highest BCUT2D eigenvalue weighted by Crippen LogP contribution is 2.33. The summed E-state index contributed by atoms with van der Waals surface area (Å²) >= 11 is 11.6. The molecule has 0 aliphatic heterocycles. The Morgan fingerprint density at radius 2 is 2.23 bits per heavy atom. The highest BCUT2D eigenvalue weighted by Gasteiger charge is 2.19. The minimum Gasteiger partial charge on any atom is -0.293 e. The van der Waals surface area contributed by atoms with E-state index in [1.807, 2.05) is 13.0 Å². The van der Waals surface area contributed by atoms with E-state index in [0.717, 1.165) is 19.6 Å². The summed E-state index contributed by atoms with van der Waals surface area (Å²) in [6.07, 6.45) is 0.804. The molecule has 0 aliphatic carbocycles. The molecule has 0 bridgehead atoms. The van der Waals surface area contributed by atoms with Gasteiger partial charge in [-0.3, -0.25) is 4.79 Å². The molecule has 0 saturated carbocycles. The number of hydrogen-bond donors (Lipinski definition) is 0. The fraction of sp³-hybridized carbons (Fsp3) is 0.375. The van der Waals surface area contributed by atoms with Crippen LogP contribution in [0.25, 0.3) is 0 Å². The number of carbonyl (C=O) groups is 1. The number of Topliss-reactive ketones (excluding diaryl/α,β-unsaturated/α-hetero) is 1. The summed E-state index contributed by atoms with van der Waals surface area (Å²) < 4.78 is 1.86. The zero-order chi connectivity index (χ0) is 10.0. The Hall–Kier alpha value is 0.810. The minimum atomic E-state index is -0.0784. The number of halogens is 3. The monoisotopic (exact) mass is 388 g/mol. The molecule has 72 valence electrons. The van der Waals surface area contributed by atoms with Crippen LogP contribution in [0.15, 0.2) is 13.6 Å². The van der Waals surface area contributed by atoms with Crippen LogP contribution < -0.4 is 0 Å². The Labute approximate surface area is 106 Å². The van der Waals surface area contributed by atoms with Crippen LogP contribution in [-0.2, 0) is 0 Å². The third-order valence-electron chi connectivity index (χ3n) is 1.57. The summed E-state index contributed by atoms with van der Waals surface area (Å²) in [5, 5.41) is 0. The first-order valence-electron chi connectivity index (χ1n) is 3.69. The van der Waals surface area contributed by atoms with Crippen LogP contribution in [-0.4, -0.2) is 10.6 Å². The molecule has 0 N–H and O–H groups in total. The van der Waals surface area contributed by atoms with Gasteiger partial charge in [0.1, 0.15) is 0 Å². The molecule has 0 aliphatic rings. The largest absolute Gasteiger partial charge is 0.293 e. The topological polar surface area (TPSA) is 17.1 Å². The molecule has 1 nitrogen and oxygen atoms in total. The van der Waals surface area contributed by atoms with E-state index in [2.05, 4.69) is 47.8 Å². The van der Waals surface area contributed by atoms with Crippen molar-refractivity contribution < 1.29 is 4.79 Å². The zero-order valence-corrected chi connectivity index (χ0v) is 12.4. The smallest absolute Gasteiger partial charge is 0.178 e. The maximum absolute atomic E-state index is 11.7. The van der Waals surface area contributed by atoms with E-state index in [1.165, 1.54) is 11.3 Å². The van der Waals surface area contributed by atoms with E-state index in [0.29, 0.717) is 0 Å². The Balaban J connectivity index is 2.94. The highest BCUT2D eigenvalue weighted by molar-refractivity contribution is 9.12. The van der Waals surface area contributed by atoms with Crippen molar-refractivity contribution in [2.45, 2.75) is 18.2 Å². The normalized spacial score (nSPS) is 12.9. The fourth-order valence-electron chi connectivity index (χ4n) is 0.862. The number of alkyl halides is 1. The van der Waals surface area contributed by atoms with Crippen LogP contribution in [0, 0.1) is 0 Å². The van der Waals surface area contributed by atoms with Gasteiger partial charge in [0.2, 0.25) is 0 Å². The molecule has 0 amide bonds. The predicted molar refractivity (Wildman–Crippen MR) is 67.1 cm³/mol. The quantitative estimate of drug-likeness (QED) is 0.543. The second kappa shape index (κ2) is 5.05. The first-order chi connectivity index (χ1) is 6.06. The molecule has 1 unspecified atom stereocenters. The van der Waals surface area contributed by atoms with Crippen molar-refractivity contribution >= 4 is 64.9 Å². The Bertz CT molecular complexity index is 321. The van der Waals surface area contributed by atoms with Gasteiger partial charge < -0.3 is 0 Å². The minimum absolute atomic E-state index is 0.0784. The SMILES string of the molecule is CCC(Br)C(=O)c1cc(Br)sc1Br. The van der Waals surface area contributed by atoms with Crippen LogP contribution in [0.5, 0.6) is 0 Å². The van der Waals surface area contributed by atoms with Crippen molar-refractivity contribution in [1.29, 1.82) is 0 Å². The number of ketones is 1. The molecule has 1 aromatic rings. The lowest BCUT2D eigenvalue weighted by Gasteiger charge is -2.03. The van der Waals surface area contributed by atoms with Gasteiger partial charge in [-0.2, -0.15) is 0 Å². The number of rotatable bonds is 3. The second-order valence-corrected chi connectivity index (χ2v) is 7.33. The molecule has 1 atom stereocenters. The van der Waals surface area contributed by atoms with Crippen molar-refractivity contribution in [3.63, 3.8) is 0 Å². The standard InChI is InChI=1S/C8H7Br3OS/c1-2-5(9)7(12)4-3-6(10)13-8(4)11/h3,5H,2H2,1H3. The van der Waals surface area contributed by atoms with Gasteiger partial charge in [-0.15, -0.1) is 11.3 Å². The summed E-state index contributed by atoms with van der Waals surface area (Å²) in [6, 6.07) is 1.85. The number of hydrogen-bond acceptors (Lipinski definition) is 2. The van der Waals surface area contributed by atoms with E-state index >= 15 is 0 Å². The average Bonchev–Trinajstić information content (AvgIpc) is 2.42. The van der Waals surface area contributed by atoms with E-state index in [1.54, 1.807) is 0 Å². The molecule has 0 saturated heterocycles. The second-order valence-electron chi connectivity index (χ2n) is 2.48. The Morgan fingerprint density at radius 3 is 2.62 bits per heavy atom. The van der Waals surface area contributed by atoms with Crippen LogP contribution in [0.4, 0.5) is 0 Å². The van der Waals surface area contributed by atoms with Crippen molar-refractivity contribution in [2.24, 2.45) is 0 Å². The van der Waals surface area contributed by atoms with Crippen molar-refractivity contribution in [1.82, 2.24) is 0 Å². The number of thiophene rings is 1. The van der Waals surface area contributed by atoms with Crippen molar-refractivity contribution in [3.8, 4) is 0 Å². The molecule has 0 aromatic carbocycles. The third-order valence-corrected chi connectivity index (χ3v) is 4.97. The van der Waals surface area contributed by atoms with Crippen LogP contribution in [0.2, 0.25) is 0 Å². The molecule has 5 heteroatoms. The Kier molecular flexibility index (Phi) is 4.62. The molecule has 13 heavy (non-hydrogen) atoms. The molecule has 0 fully saturated rings. The van der Waals surface area contributed by atoms with Crippen LogP contribution in [0.3, 0.4) is 0 Å². The average molecular weight is 391 g/mol. The maximum atomic E-state index is 11.7. The molecule has 1 heterocycles. The van der Waals surface area contributed by atoms with Gasteiger partial charge >= 0.3 is 0 Å². The molecular formula is C8H7Br3OS. The first kappa shape index (κ1) is 11.9. The molecular weight excluding hydrogens is 384 g/mol. The van der Waals surface area contributed by atoms with E-state index in [-0.39, 0.29) is 10.6 Å². The number of carbonyl (C=O) groups excluding carboxylic acids is 1. The lowest BCUT2D eigenvalue weighted by Crippen LogP contribution is -2.12. The lowest BCUT2D eigenvalue weighted by atomic mass is 10.1. The summed E-state index contributed by atoms with van der Waals surface area (Å²) in [4.78, 5) is 11.6. The molecule has 0 spiro atoms. The summed E-state index contributed by atoms with van der Waals surface area (Å²) in [5.41, 5.74) is 0.751. The van der Waals surface area contributed by atoms with E-state index in [4.69, 9.17) is 0 Å².